The minimum absolute atomic E-state index is 0.0286. The van der Waals surface area contributed by atoms with E-state index < -0.39 is 33.6 Å². The molecular weight excluding hydrogens is 271 g/mol. The third kappa shape index (κ3) is 3.64. The van der Waals surface area contributed by atoms with Gasteiger partial charge in [-0.05, 0) is 19.9 Å². The molecule has 20 heavy (non-hydrogen) atoms. The van der Waals surface area contributed by atoms with Gasteiger partial charge in [-0.15, -0.1) is 0 Å². The van der Waals surface area contributed by atoms with Crippen LogP contribution in [0.2, 0.25) is 0 Å². The number of halogens is 1. The Morgan fingerprint density at radius 1 is 1.50 bits per heavy atom. The average molecular weight is 286 g/mol. The number of rotatable bonds is 5. The van der Waals surface area contributed by atoms with Gasteiger partial charge in [-0.2, -0.15) is 0 Å². The molecule has 1 aromatic rings. The second-order valence-electron chi connectivity index (χ2n) is 5.05. The molecule has 7 nitrogen and oxygen atoms in total. The van der Waals surface area contributed by atoms with Crippen molar-refractivity contribution in [2.45, 2.75) is 19.4 Å². The molecule has 0 saturated heterocycles. The summed E-state index contributed by atoms with van der Waals surface area (Å²) < 4.78 is 13.9. The largest absolute Gasteiger partial charge is 0.477 e. The van der Waals surface area contributed by atoms with E-state index in [4.69, 9.17) is 5.11 Å². The molecule has 8 heteroatoms. The number of aromatic carboxylic acids is 1. The van der Waals surface area contributed by atoms with Crippen LogP contribution in [-0.4, -0.2) is 40.3 Å². The highest BCUT2D eigenvalue weighted by Crippen LogP contribution is 2.28. The summed E-state index contributed by atoms with van der Waals surface area (Å²) in [5.74, 6) is -2.44. The molecule has 0 radical (unpaired) electrons. The molecule has 110 valence electrons. The van der Waals surface area contributed by atoms with E-state index in [1.54, 1.807) is 0 Å². The van der Waals surface area contributed by atoms with E-state index in [1.807, 2.05) is 0 Å². The van der Waals surface area contributed by atoms with Gasteiger partial charge in [0, 0.05) is 13.6 Å². The van der Waals surface area contributed by atoms with Gasteiger partial charge in [-0.1, -0.05) is 0 Å². The normalized spacial score (nSPS) is 11.2. The maximum absolute atomic E-state index is 13.9. The highest BCUT2D eigenvalue weighted by Gasteiger charge is 2.26. The summed E-state index contributed by atoms with van der Waals surface area (Å²) in [7, 11) is 1.45. The number of nitro groups is 1. The molecular formula is C12H15FN2O5. The van der Waals surface area contributed by atoms with Gasteiger partial charge < -0.3 is 15.1 Å². The van der Waals surface area contributed by atoms with Gasteiger partial charge in [0.1, 0.15) is 5.56 Å². The van der Waals surface area contributed by atoms with Crippen LogP contribution < -0.4 is 4.90 Å². The molecule has 0 bridgehead atoms. The number of benzene rings is 1. The fraction of sp³-hybridized carbons (Fsp3) is 0.417. The molecule has 1 aromatic carbocycles. The Kier molecular flexibility index (Phi) is 4.29. The lowest BCUT2D eigenvalue weighted by Gasteiger charge is -2.27. The second-order valence-corrected chi connectivity index (χ2v) is 5.05. The minimum Gasteiger partial charge on any atom is -0.477 e. The Bertz CT molecular complexity index is 554. The number of nitrogens with zero attached hydrogens (tertiary/aromatic N) is 2. The van der Waals surface area contributed by atoms with Gasteiger partial charge in [0.2, 0.25) is 0 Å². The summed E-state index contributed by atoms with van der Waals surface area (Å²) in [5.41, 5.74) is -2.67. The Labute approximate surface area is 114 Å². The van der Waals surface area contributed by atoms with E-state index in [-0.39, 0.29) is 12.2 Å². The molecule has 1 rings (SSSR count). The monoisotopic (exact) mass is 286 g/mol. The Balaban J connectivity index is 3.32. The first kappa shape index (κ1) is 15.8. The van der Waals surface area contributed by atoms with Crippen LogP contribution >= 0.6 is 0 Å². The molecule has 0 heterocycles. The van der Waals surface area contributed by atoms with Gasteiger partial charge in [0.05, 0.1) is 22.3 Å². The molecule has 0 unspecified atom stereocenters. The lowest BCUT2D eigenvalue weighted by atomic mass is 10.1. The van der Waals surface area contributed by atoms with Crippen LogP contribution in [0, 0.1) is 15.9 Å². The summed E-state index contributed by atoms with van der Waals surface area (Å²) in [5, 5.41) is 29.3. The quantitative estimate of drug-likeness (QED) is 0.630. The molecule has 0 saturated carbocycles. The number of carboxylic acid groups (broad SMARTS) is 1. The van der Waals surface area contributed by atoms with Crippen LogP contribution in [0.15, 0.2) is 12.1 Å². The van der Waals surface area contributed by atoms with Crippen molar-refractivity contribution < 1.29 is 24.3 Å². The van der Waals surface area contributed by atoms with Crippen LogP contribution in [0.25, 0.3) is 0 Å². The number of carboxylic acids is 1. The average Bonchev–Trinajstić information content (AvgIpc) is 2.25. The Morgan fingerprint density at radius 3 is 2.45 bits per heavy atom. The van der Waals surface area contributed by atoms with E-state index in [2.05, 4.69) is 0 Å². The van der Waals surface area contributed by atoms with Crippen LogP contribution in [0.4, 0.5) is 15.8 Å². The van der Waals surface area contributed by atoms with Gasteiger partial charge in [-0.25, -0.2) is 9.18 Å². The molecule has 0 spiro atoms. The van der Waals surface area contributed by atoms with Crippen molar-refractivity contribution in [3.8, 4) is 0 Å². The third-order valence-corrected chi connectivity index (χ3v) is 2.53. The van der Waals surface area contributed by atoms with E-state index in [0.717, 1.165) is 6.07 Å². The zero-order chi connectivity index (χ0) is 15.7. The van der Waals surface area contributed by atoms with Crippen LogP contribution in [-0.2, 0) is 0 Å². The SMILES string of the molecule is CN(CC(C)(C)O)c1cc(C(=O)O)c([N+](=O)[O-])cc1F. The number of carbonyl (C=O) groups is 1. The first-order valence-electron chi connectivity index (χ1n) is 5.67. The van der Waals surface area contributed by atoms with Crippen LogP contribution in [0.3, 0.4) is 0 Å². The first-order valence-corrected chi connectivity index (χ1v) is 5.67. The topological polar surface area (TPSA) is 104 Å². The number of anilines is 1. The summed E-state index contributed by atoms with van der Waals surface area (Å²) in [4.78, 5) is 22.1. The third-order valence-electron chi connectivity index (χ3n) is 2.53. The zero-order valence-electron chi connectivity index (χ0n) is 11.3. The number of hydrogen-bond acceptors (Lipinski definition) is 5. The van der Waals surface area contributed by atoms with Crippen molar-refractivity contribution >= 4 is 17.3 Å². The Hall–Kier alpha value is -2.22. The Morgan fingerprint density at radius 2 is 2.05 bits per heavy atom. The van der Waals surface area contributed by atoms with E-state index in [1.165, 1.54) is 25.8 Å². The lowest BCUT2D eigenvalue weighted by molar-refractivity contribution is -0.385. The molecule has 0 aliphatic heterocycles. The van der Waals surface area contributed by atoms with Crippen LogP contribution in [0.5, 0.6) is 0 Å². The van der Waals surface area contributed by atoms with Crippen molar-refractivity contribution in [2.75, 3.05) is 18.5 Å². The fourth-order valence-electron chi connectivity index (χ4n) is 1.83. The van der Waals surface area contributed by atoms with E-state index in [0.29, 0.717) is 6.07 Å². The summed E-state index contributed by atoms with van der Waals surface area (Å²) in [6.45, 7) is 3.04. The molecule has 2 N–H and O–H groups in total. The molecule has 0 aromatic heterocycles. The van der Waals surface area contributed by atoms with Crippen molar-refractivity contribution in [3.63, 3.8) is 0 Å². The second kappa shape index (κ2) is 5.41. The number of likely N-dealkylation sites (N-methyl/N-ethyl adjacent to an activating group) is 1. The van der Waals surface area contributed by atoms with Gasteiger partial charge >= 0.3 is 5.97 Å². The maximum atomic E-state index is 13.9. The fourth-order valence-corrected chi connectivity index (χ4v) is 1.83. The van der Waals surface area contributed by atoms with Gasteiger partial charge in [0.15, 0.2) is 5.82 Å². The molecule has 0 aliphatic carbocycles. The lowest BCUT2D eigenvalue weighted by Crippen LogP contribution is -2.36. The van der Waals surface area contributed by atoms with E-state index >= 15 is 0 Å². The number of nitro benzene ring substituents is 1. The zero-order valence-corrected chi connectivity index (χ0v) is 11.3. The summed E-state index contributed by atoms with van der Waals surface area (Å²) in [6, 6.07) is 1.46. The van der Waals surface area contributed by atoms with Crippen molar-refractivity contribution in [1.82, 2.24) is 0 Å². The van der Waals surface area contributed by atoms with Crippen molar-refractivity contribution in [1.29, 1.82) is 0 Å². The highest BCUT2D eigenvalue weighted by atomic mass is 19.1. The molecule has 0 atom stereocenters. The standard InChI is InChI=1S/C12H15FN2O5/c1-12(2,18)6-14(3)10-4-7(11(16)17)9(15(19)20)5-8(10)13/h4-5,18H,6H2,1-3H3,(H,16,17). The number of hydrogen-bond donors (Lipinski definition) is 2. The minimum atomic E-state index is -1.52. The van der Waals surface area contributed by atoms with Crippen molar-refractivity contribution in [3.05, 3.63) is 33.6 Å². The predicted molar refractivity (Wildman–Crippen MR) is 69.6 cm³/mol. The predicted octanol–water partition coefficient (Wildman–Crippen LogP) is 1.64. The highest BCUT2D eigenvalue weighted by molar-refractivity contribution is 5.93. The van der Waals surface area contributed by atoms with E-state index in [9.17, 15) is 24.4 Å². The summed E-state index contributed by atoms with van der Waals surface area (Å²) >= 11 is 0. The maximum Gasteiger partial charge on any atom is 0.342 e. The first-order chi connectivity index (χ1) is 9.03. The molecule has 0 fully saturated rings. The smallest absolute Gasteiger partial charge is 0.342 e. The van der Waals surface area contributed by atoms with Gasteiger partial charge in [-0.3, -0.25) is 10.1 Å². The van der Waals surface area contributed by atoms with Gasteiger partial charge in [0.25, 0.3) is 5.69 Å². The molecule has 0 amide bonds. The summed E-state index contributed by atoms with van der Waals surface area (Å²) in [6.07, 6.45) is 0. The van der Waals surface area contributed by atoms with Crippen molar-refractivity contribution in [2.24, 2.45) is 0 Å². The van der Waals surface area contributed by atoms with Crippen LogP contribution in [0.1, 0.15) is 24.2 Å². The number of aliphatic hydroxyl groups is 1. The molecule has 0 aliphatic rings.